The molecule has 2 aliphatic rings. The van der Waals surface area contributed by atoms with Crippen LogP contribution in [-0.2, 0) is 13.1 Å². The van der Waals surface area contributed by atoms with Crippen LogP contribution in [0.4, 0.5) is 0 Å². The smallest absolute Gasteiger partial charge is 0.0587 e. The summed E-state index contributed by atoms with van der Waals surface area (Å²) in [7, 11) is 0. The Morgan fingerprint density at radius 3 is 0.947 bits per heavy atom. The van der Waals surface area contributed by atoms with Crippen molar-refractivity contribution in [3.8, 4) is 42.3 Å². The zero-order chi connectivity index (χ0) is 25.1. The molecule has 38 heavy (non-hydrogen) atoms. The Labute approximate surface area is 238 Å². The van der Waals surface area contributed by atoms with Crippen molar-refractivity contribution in [2.75, 3.05) is 0 Å². The predicted molar refractivity (Wildman–Crippen MR) is 169 cm³/mol. The Morgan fingerprint density at radius 1 is 0.368 bits per heavy atom. The van der Waals surface area contributed by atoms with Crippen LogP contribution >= 0.6 is 45.3 Å². The van der Waals surface area contributed by atoms with Crippen molar-refractivity contribution in [2.45, 2.75) is 25.9 Å². The van der Waals surface area contributed by atoms with E-state index in [0.29, 0.717) is 0 Å². The van der Waals surface area contributed by atoms with Gasteiger partial charge in [-0.25, -0.2) is 0 Å². The van der Waals surface area contributed by atoms with E-state index in [0.717, 1.165) is 25.9 Å². The molecule has 0 amide bonds. The van der Waals surface area contributed by atoms with Gasteiger partial charge in [-0.1, -0.05) is 0 Å². The predicted octanol–water partition coefficient (Wildman–Crippen LogP) is 10.7. The summed E-state index contributed by atoms with van der Waals surface area (Å²) in [4.78, 5) is 10.5. The molecule has 2 aliphatic heterocycles. The first-order chi connectivity index (χ1) is 18.8. The van der Waals surface area contributed by atoms with Gasteiger partial charge in [0, 0.05) is 32.6 Å². The van der Waals surface area contributed by atoms with E-state index in [2.05, 4.69) is 106 Å². The molecule has 0 radical (unpaired) electrons. The maximum Gasteiger partial charge on any atom is 0.0587 e. The monoisotopic (exact) mass is 564 g/mol. The van der Waals surface area contributed by atoms with Gasteiger partial charge in [0.2, 0.25) is 0 Å². The van der Waals surface area contributed by atoms with Crippen molar-refractivity contribution in [3.63, 3.8) is 0 Å². The van der Waals surface area contributed by atoms with Crippen molar-refractivity contribution < 1.29 is 0 Å². The van der Waals surface area contributed by atoms with E-state index >= 15 is 0 Å². The number of nitrogens with zero attached hydrogens (tertiary/aromatic N) is 2. The molecule has 10 bridgehead atoms. The average Bonchev–Trinajstić information content (AvgIpc) is 3.74. The number of hydrogen-bond donors (Lipinski definition) is 0. The molecule has 8 rings (SSSR count). The zero-order valence-electron chi connectivity index (χ0n) is 20.6. The fourth-order valence-corrected chi connectivity index (χ4v) is 9.25. The van der Waals surface area contributed by atoms with Gasteiger partial charge in [0.15, 0.2) is 0 Å². The number of aromatic nitrogens is 2. The molecule has 0 saturated carbocycles. The molecule has 8 heterocycles. The van der Waals surface area contributed by atoms with Crippen LogP contribution in [0.25, 0.3) is 66.6 Å². The second kappa shape index (κ2) is 9.24. The van der Waals surface area contributed by atoms with Crippen molar-refractivity contribution >= 4 is 69.7 Å². The van der Waals surface area contributed by atoms with Crippen LogP contribution in [0.2, 0.25) is 0 Å². The van der Waals surface area contributed by atoms with E-state index in [1.54, 1.807) is 0 Å². The normalized spacial score (nSPS) is 15.9. The summed E-state index contributed by atoms with van der Waals surface area (Å²) < 4.78 is 5.12. The van der Waals surface area contributed by atoms with Gasteiger partial charge in [0.25, 0.3) is 0 Å². The Hall–Kier alpha value is -3.16. The fourth-order valence-electron chi connectivity index (χ4n) is 5.47. The molecule has 6 aromatic rings. The Kier molecular flexibility index (Phi) is 5.54. The first-order valence-corrected chi connectivity index (χ1v) is 16.2. The van der Waals surface area contributed by atoms with E-state index in [-0.39, 0.29) is 0 Å². The lowest BCUT2D eigenvalue weighted by molar-refractivity contribution is 0.565. The van der Waals surface area contributed by atoms with Gasteiger partial charge in [-0.2, -0.15) is 0 Å². The zero-order valence-corrected chi connectivity index (χ0v) is 23.9. The van der Waals surface area contributed by atoms with Gasteiger partial charge < -0.3 is 9.13 Å². The lowest BCUT2D eigenvalue weighted by Gasteiger charge is -2.15. The highest BCUT2D eigenvalue weighted by Gasteiger charge is 2.18. The molecule has 0 spiro atoms. The summed E-state index contributed by atoms with van der Waals surface area (Å²) in [6, 6.07) is 27.5. The highest BCUT2D eigenvalue weighted by molar-refractivity contribution is 7.18. The largest absolute Gasteiger partial charge is 0.339 e. The fraction of sp³-hybridized carbons (Fsp3) is 0.125. The first-order valence-electron chi connectivity index (χ1n) is 12.9. The third-order valence-corrected chi connectivity index (χ3v) is 11.6. The third-order valence-electron chi connectivity index (χ3n) is 7.32. The lowest BCUT2D eigenvalue weighted by atomic mass is 10.2. The average molecular weight is 565 g/mol. The van der Waals surface area contributed by atoms with Crippen molar-refractivity contribution in [1.29, 1.82) is 0 Å². The van der Waals surface area contributed by atoms with Crippen LogP contribution in [0, 0.1) is 0 Å². The van der Waals surface area contributed by atoms with E-state index in [4.69, 9.17) is 0 Å². The highest BCUT2D eigenvalue weighted by Crippen LogP contribution is 2.40. The van der Waals surface area contributed by atoms with Gasteiger partial charge >= 0.3 is 0 Å². The topological polar surface area (TPSA) is 9.86 Å². The maximum absolute atomic E-state index is 2.56. The molecule has 0 aliphatic carbocycles. The van der Waals surface area contributed by atoms with Gasteiger partial charge in [-0.15, -0.1) is 45.3 Å². The van der Waals surface area contributed by atoms with Crippen molar-refractivity contribution in [3.05, 3.63) is 92.3 Å². The molecule has 0 unspecified atom stereocenters. The number of rotatable bonds is 0. The third kappa shape index (κ3) is 3.95. The molecule has 0 atom stereocenters. The SMILES string of the molecule is C1=C\c2ccc(s2)-c2ccc3n2CCCCn2c(ccc2-c2ccc(s2)/C=C\c2ccc-3s2)-c2ccc/1s2. The summed E-state index contributed by atoms with van der Waals surface area (Å²) in [6.45, 7) is 2.03. The van der Waals surface area contributed by atoms with Gasteiger partial charge in [-0.05, 0) is 110 Å². The second-order valence-corrected chi connectivity index (χ2v) is 14.2. The van der Waals surface area contributed by atoms with Gasteiger partial charge in [0.05, 0.1) is 42.3 Å². The van der Waals surface area contributed by atoms with E-state index in [1.165, 1.54) is 61.8 Å². The number of thiophene rings is 4. The van der Waals surface area contributed by atoms with Crippen LogP contribution in [0.5, 0.6) is 0 Å². The highest BCUT2D eigenvalue weighted by atomic mass is 32.1. The molecule has 186 valence electrons. The Balaban J connectivity index is 1.36. The molecule has 6 heteroatoms. The van der Waals surface area contributed by atoms with E-state index in [9.17, 15) is 0 Å². The van der Waals surface area contributed by atoms with Gasteiger partial charge in [-0.3, -0.25) is 0 Å². The van der Waals surface area contributed by atoms with Crippen LogP contribution in [0.15, 0.2) is 72.8 Å². The summed E-state index contributed by atoms with van der Waals surface area (Å²) >= 11 is 7.53. The number of fused-ring (bicyclic) bond motifs is 15. The van der Waals surface area contributed by atoms with Crippen LogP contribution in [0.1, 0.15) is 32.4 Å². The second-order valence-electron chi connectivity index (χ2n) is 9.69. The van der Waals surface area contributed by atoms with Crippen LogP contribution in [0.3, 0.4) is 0 Å². The standard InChI is InChI=1S/C32H24N2S4/c1-2-20-34-27-13-14-28(34)32-18-10-24(38-32)6-4-22-8-16-30(36-22)26-12-11-25(33(26)19-1)29-15-7-21(35-29)3-5-23-9-17-31(27)37-23/h3-18H,1-2,19-20H2/b5-3-,6-4-,21-3?,22-4?,23-5?,24-6?,29-25?,30-26?,31-27?,32-28?. The molecule has 0 fully saturated rings. The minimum atomic E-state index is 1.02. The Bertz CT molecular complexity index is 1580. The van der Waals surface area contributed by atoms with E-state index in [1.807, 2.05) is 45.3 Å². The minimum Gasteiger partial charge on any atom is -0.339 e. The first kappa shape index (κ1) is 22.8. The molecule has 0 saturated heterocycles. The molecular weight excluding hydrogens is 541 g/mol. The minimum absolute atomic E-state index is 1.02. The summed E-state index contributed by atoms with van der Waals surface area (Å²) in [5.41, 5.74) is 5.31. The van der Waals surface area contributed by atoms with Crippen LogP contribution in [-0.4, -0.2) is 9.13 Å². The quantitative estimate of drug-likeness (QED) is 0.173. The molecular formula is C32H24N2S4. The van der Waals surface area contributed by atoms with Crippen molar-refractivity contribution in [2.24, 2.45) is 0 Å². The van der Waals surface area contributed by atoms with Gasteiger partial charge in [0.1, 0.15) is 0 Å². The van der Waals surface area contributed by atoms with Crippen molar-refractivity contribution in [1.82, 2.24) is 9.13 Å². The van der Waals surface area contributed by atoms with E-state index < -0.39 is 0 Å². The summed E-state index contributed by atoms with van der Waals surface area (Å²) in [5.74, 6) is 0. The maximum atomic E-state index is 2.56. The number of hydrogen-bond acceptors (Lipinski definition) is 4. The molecule has 6 aromatic heterocycles. The molecule has 0 N–H and O–H groups in total. The summed E-state index contributed by atoms with van der Waals surface area (Å²) in [5, 5.41) is 0. The lowest BCUT2D eigenvalue weighted by Crippen LogP contribution is -2.05. The van der Waals surface area contributed by atoms with Crippen LogP contribution < -0.4 is 0 Å². The summed E-state index contributed by atoms with van der Waals surface area (Å²) in [6.07, 6.45) is 11.3. The molecule has 2 nitrogen and oxygen atoms in total. The Morgan fingerprint density at radius 2 is 0.658 bits per heavy atom. The molecule has 0 aromatic carbocycles.